The molecule has 2 radical (unpaired) electrons. The summed E-state index contributed by atoms with van der Waals surface area (Å²) in [5, 5.41) is 7.82. The molecule has 0 saturated heterocycles. The van der Waals surface area contributed by atoms with Crippen LogP contribution in [0.5, 0.6) is 0 Å². The van der Waals surface area contributed by atoms with E-state index in [0.29, 0.717) is 6.61 Å². The van der Waals surface area contributed by atoms with Gasteiger partial charge in [-0.2, -0.15) is 0 Å². The maximum atomic E-state index is 9.54. The molecule has 0 rings (SSSR count). The molecule has 0 aromatic rings. The number of hydrogen-bond donors (Lipinski definition) is 1. The quantitative estimate of drug-likeness (QED) is 0.538. The molecule has 0 aliphatic heterocycles. The third-order valence-electron chi connectivity index (χ3n) is 0.430. The molecule has 8 heavy (non-hydrogen) atoms. The standard InChI is InChI=1S/C4H8O3.Sn.2H/c1-2-3-7-4(5)6;;;/h2-3H2,1H3,(H,5,6);;;. The fraction of sp³-hybridized carbons (Fsp3) is 0.750. The molecule has 1 N–H and O–H groups in total. The predicted octanol–water partition coefficient (Wildman–Crippen LogP) is 0.175. The van der Waals surface area contributed by atoms with Gasteiger partial charge < -0.3 is 9.84 Å². The zero-order valence-electron chi connectivity index (χ0n) is 4.89. The summed E-state index contributed by atoms with van der Waals surface area (Å²) in [6, 6.07) is 0. The van der Waals surface area contributed by atoms with E-state index in [2.05, 4.69) is 4.74 Å². The third kappa shape index (κ3) is 9.42. The molecular formula is C4H10O3Sn. The van der Waals surface area contributed by atoms with Crippen LogP contribution in [0.2, 0.25) is 0 Å². The van der Waals surface area contributed by atoms with Crippen LogP contribution in [-0.4, -0.2) is 41.8 Å². The van der Waals surface area contributed by atoms with E-state index in [0.717, 1.165) is 6.42 Å². The van der Waals surface area contributed by atoms with Gasteiger partial charge in [0.2, 0.25) is 0 Å². The van der Waals surface area contributed by atoms with Crippen LogP contribution in [0.4, 0.5) is 4.79 Å². The third-order valence-corrected chi connectivity index (χ3v) is 0.430. The van der Waals surface area contributed by atoms with Crippen LogP contribution < -0.4 is 0 Å². The van der Waals surface area contributed by atoms with Crippen molar-refractivity contribution in [3.05, 3.63) is 0 Å². The Morgan fingerprint density at radius 2 is 2.25 bits per heavy atom. The summed E-state index contributed by atoms with van der Waals surface area (Å²) in [7, 11) is 0. The summed E-state index contributed by atoms with van der Waals surface area (Å²) in [6.45, 7) is 2.15. The average molecular weight is 225 g/mol. The van der Waals surface area contributed by atoms with Gasteiger partial charge in [-0.25, -0.2) is 4.79 Å². The normalized spacial score (nSPS) is 7.12. The minimum atomic E-state index is -1.19. The molecule has 0 unspecified atom stereocenters. The number of carboxylic acid groups (broad SMARTS) is 1. The van der Waals surface area contributed by atoms with Crippen molar-refractivity contribution in [2.24, 2.45) is 0 Å². The van der Waals surface area contributed by atoms with Crippen molar-refractivity contribution < 1.29 is 14.6 Å². The molecule has 0 aromatic heterocycles. The molecule has 0 spiro atoms. The number of ether oxygens (including phenoxy) is 1. The first-order valence-electron chi connectivity index (χ1n) is 2.13. The Bertz CT molecular complexity index is 64.3. The Labute approximate surface area is 65.0 Å². The van der Waals surface area contributed by atoms with Crippen LogP contribution in [0.1, 0.15) is 13.3 Å². The summed E-state index contributed by atoms with van der Waals surface area (Å²) in [6.07, 6.45) is -0.450. The minimum absolute atomic E-state index is 0. The van der Waals surface area contributed by atoms with E-state index in [-0.39, 0.29) is 23.9 Å². The monoisotopic (exact) mass is 226 g/mol. The fourth-order valence-electron chi connectivity index (χ4n) is 0.189. The second kappa shape index (κ2) is 7.07. The van der Waals surface area contributed by atoms with Crippen LogP contribution in [-0.2, 0) is 4.74 Å². The van der Waals surface area contributed by atoms with Crippen LogP contribution >= 0.6 is 0 Å². The predicted molar refractivity (Wildman–Crippen MR) is 32.8 cm³/mol. The van der Waals surface area contributed by atoms with Gasteiger partial charge in [0.25, 0.3) is 0 Å². The van der Waals surface area contributed by atoms with Crippen LogP contribution in [0.3, 0.4) is 0 Å². The van der Waals surface area contributed by atoms with Gasteiger partial charge in [-0.15, -0.1) is 0 Å². The molecule has 0 fully saturated rings. The molecular weight excluding hydrogens is 215 g/mol. The van der Waals surface area contributed by atoms with E-state index in [1.165, 1.54) is 0 Å². The maximum absolute atomic E-state index is 9.54. The molecule has 0 saturated carbocycles. The van der Waals surface area contributed by atoms with Crippen LogP contribution in [0, 0.1) is 0 Å². The fourth-order valence-corrected chi connectivity index (χ4v) is 0.189. The van der Waals surface area contributed by atoms with Crippen LogP contribution in [0.15, 0.2) is 0 Å². The van der Waals surface area contributed by atoms with E-state index < -0.39 is 6.16 Å². The Morgan fingerprint density at radius 1 is 1.75 bits per heavy atom. The SMILES string of the molecule is CCCOC(=O)O.[SnH2]. The summed E-state index contributed by atoms with van der Waals surface area (Å²) >= 11 is 0. The summed E-state index contributed by atoms with van der Waals surface area (Å²) < 4.78 is 4.11. The van der Waals surface area contributed by atoms with Crippen molar-refractivity contribution in [1.29, 1.82) is 0 Å². The Hall–Kier alpha value is 0.0687. The van der Waals surface area contributed by atoms with Gasteiger partial charge in [0.05, 0.1) is 6.61 Å². The van der Waals surface area contributed by atoms with Gasteiger partial charge in [0.1, 0.15) is 0 Å². The molecule has 0 aromatic carbocycles. The average Bonchev–Trinajstić information content (AvgIpc) is 1.61. The number of hydrogen-bond acceptors (Lipinski definition) is 2. The van der Waals surface area contributed by atoms with Crippen LogP contribution in [0.25, 0.3) is 0 Å². The Morgan fingerprint density at radius 3 is 2.38 bits per heavy atom. The first-order chi connectivity index (χ1) is 3.27. The van der Waals surface area contributed by atoms with Gasteiger partial charge in [-0.3, -0.25) is 0 Å². The van der Waals surface area contributed by atoms with Gasteiger partial charge >= 0.3 is 30.1 Å². The zero-order valence-corrected chi connectivity index (χ0v) is 8.92. The molecule has 3 nitrogen and oxygen atoms in total. The van der Waals surface area contributed by atoms with E-state index in [1.54, 1.807) is 0 Å². The topological polar surface area (TPSA) is 46.5 Å². The van der Waals surface area contributed by atoms with Gasteiger partial charge in [-0.1, -0.05) is 6.92 Å². The van der Waals surface area contributed by atoms with Crippen molar-refractivity contribution in [3.8, 4) is 0 Å². The molecule has 0 amide bonds. The second-order valence-electron chi connectivity index (χ2n) is 1.11. The zero-order chi connectivity index (χ0) is 5.70. The van der Waals surface area contributed by atoms with Crippen molar-refractivity contribution >= 4 is 30.1 Å². The molecule has 0 bridgehead atoms. The molecule has 4 heteroatoms. The summed E-state index contributed by atoms with van der Waals surface area (Å²) in [5.41, 5.74) is 0. The van der Waals surface area contributed by atoms with E-state index in [1.807, 2.05) is 6.92 Å². The molecule has 0 atom stereocenters. The summed E-state index contributed by atoms with van der Waals surface area (Å²) in [5.74, 6) is 0. The molecule has 48 valence electrons. The molecule has 0 heterocycles. The van der Waals surface area contributed by atoms with E-state index in [9.17, 15) is 4.79 Å². The van der Waals surface area contributed by atoms with Gasteiger partial charge in [0.15, 0.2) is 0 Å². The Balaban J connectivity index is 0. The van der Waals surface area contributed by atoms with Gasteiger partial charge in [0, 0.05) is 0 Å². The van der Waals surface area contributed by atoms with Crippen molar-refractivity contribution in [1.82, 2.24) is 0 Å². The number of carbonyl (C=O) groups is 1. The number of rotatable bonds is 2. The van der Waals surface area contributed by atoms with E-state index >= 15 is 0 Å². The van der Waals surface area contributed by atoms with Crippen molar-refractivity contribution in [3.63, 3.8) is 0 Å². The Kier molecular flexibility index (Phi) is 9.67. The molecule has 0 aliphatic carbocycles. The first kappa shape index (κ1) is 10.9. The van der Waals surface area contributed by atoms with Crippen molar-refractivity contribution in [2.75, 3.05) is 6.61 Å². The van der Waals surface area contributed by atoms with Crippen molar-refractivity contribution in [2.45, 2.75) is 13.3 Å². The summed E-state index contributed by atoms with van der Waals surface area (Å²) in [4.78, 5) is 9.54. The second-order valence-corrected chi connectivity index (χ2v) is 1.11. The van der Waals surface area contributed by atoms with Gasteiger partial charge in [-0.05, 0) is 6.42 Å². The first-order valence-corrected chi connectivity index (χ1v) is 2.13. The van der Waals surface area contributed by atoms with E-state index in [4.69, 9.17) is 5.11 Å². The molecule has 0 aliphatic rings.